The van der Waals surface area contributed by atoms with Crippen LogP contribution in [0.15, 0.2) is 54.6 Å². The molecule has 0 unspecified atom stereocenters. The standard InChI is InChI=1S/C26H37N3O3/c1-6-17-28(18-7-2)20-29(23-11-9-8-10-12-23)24(30)22-15-13-21(14-16-22)19-27-25(31)32-26(3,4)5/h8-16H,6-7,17-20H2,1-5H3,(H,27,31). The molecule has 0 bridgehead atoms. The van der Waals surface area contributed by atoms with Crippen molar-refractivity contribution in [3.63, 3.8) is 0 Å². The molecule has 0 aromatic heterocycles. The van der Waals surface area contributed by atoms with Crippen molar-refractivity contribution in [2.75, 3.05) is 24.7 Å². The lowest BCUT2D eigenvalue weighted by atomic mass is 10.1. The number of benzene rings is 2. The molecule has 2 aromatic carbocycles. The van der Waals surface area contributed by atoms with Gasteiger partial charge in [0.05, 0.1) is 6.67 Å². The molecule has 0 radical (unpaired) electrons. The number of hydrogen-bond acceptors (Lipinski definition) is 4. The van der Waals surface area contributed by atoms with E-state index in [2.05, 4.69) is 24.1 Å². The van der Waals surface area contributed by atoms with E-state index >= 15 is 0 Å². The molecule has 6 nitrogen and oxygen atoms in total. The van der Waals surface area contributed by atoms with Gasteiger partial charge in [-0.05, 0) is 76.5 Å². The number of nitrogens with zero attached hydrogens (tertiary/aromatic N) is 2. The summed E-state index contributed by atoms with van der Waals surface area (Å²) < 4.78 is 5.26. The number of nitrogens with one attached hydrogen (secondary N) is 1. The highest BCUT2D eigenvalue weighted by Gasteiger charge is 2.20. The van der Waals surface area contributed by atoms with Crippen molar-refractivity contribution in [2.45, 2.75) is 59.6 Å². The Labute approximate surface area is 192 Å². The first-order valence-corrected chi connectivity index (χ1v) is 11.4. The number of alkyl carbamates (subject to hydrolysis) is 1. The van der Waals surface area contributed by atoms with E-state index in [1.807, 2.05) is 80.3 Å². The van der Waals surface area contributed by atoms with Gasteiger partial charge in [-0.3, -0.25) is 14.6 Å². The van der Waals surface area contributed by atoms with Gasteiger partial charge in [0.2, 0.25) is 0 Å². The quantitative estimate of drug-likeness (QED) is 0.501. The SMILES string of the molecule is CCCN(CCC)CN(C(=O)c1ccc(CNC(=O)OC(C)(C)C)cc1)c1ccccc1. The van der Waals surface area contributed by atoms with E-state index in [0.29, 0.717) is 18.8 Å². The Bertz CT molecular complexity index is 839. The third kappa shape index (κ3) is 8.35. The minimum Gasteiger partial charge on any atom is -0.444 e. The Morgan fingerprint density at radius 2 is 1.50 bits per heavy atom. The van der Waals surface area contributed by atoms with Crippen LogP contribution in [0.1, 0.15) is 63.4 Å². The van der Waals surface area contributed by atoms with Crippen LogP contribution in [0.3, 0.4) is 0 Å². The number of rotatable bonds is 10. The zero-order chi connectivity index (χ0) is 23.6. The fourth-order valence-corrected chi connectivity index (χ4v) is 3.37. The normalized spacial score (nSPS) is 11.3. The highest BCUT2D eigenvalue weighted by Crippen LogP contribution is 2.18. The summed E-state index contributed by atoms with van der Waals surface area (Å²) in [7, 11) is 0. The van der Waals surface area contributed by atoms with Gasteiger partial charge in [-0.2, -0.15) is 0 Å². The molecule has 174 valence electrons. The van der Waals surface area contributed by atoms with Crippen LogP contribution >= 0.6 is 0 Å². The average molecular weight is 440 g/mol. The van der Waals surface area contributed by atoms with Crippen LogP contribution in [0.25, 0.3) is 0 Å². The lowest BCUT2D eigenvalue weighted by molar-refractivity contribution is 0.0523. The Balaban J connectivity index is 2.12. The smallest absolute Gasteiger partial charge is 0.407 e. The Morgan fingerprint density at radius 3 is 2.03 bits per heavy atom. The van der Waals surface area contributed by atoms with Gasteiger partial charge in [-0.15, -0.1) is 0 Å². The van der Waals surface area contributed by atoms with Gasteiger partial charge in [0.25, 0.3) is 5.91 Å². The summed E-state index contributed by atoms with van der Waals surface area (Å²) in [5.41, 5.74) is 1.86. The molecule has 0 spiro atoms. The number of anilines is 1. The second kappa shape index (κ2) is 12.2. The number of carbonyl (C=O) groups excluding carboxylic acids is 2. The van der Waals surface area contributed by atoms with Crippen LogP contribution in [0.2, 0.25) is 0 Å². The predicted octanol–water partition coefficient (Wildman–Crippen LogP) is 5.44. The first kappa shape index (κ1) is 25.4. The topological polar surface area (TPSA) is 61.9 Å². The number of hydrogen-bond donors (Lipinski definition) is 1. The molecular formula is C26H37N3O3. The minimum absolute atomic E-state index is 0.0416. The lowest BCUT2D eigenvalue weighted by Gasteiger charge is -2.30. The molecular weight excluding hydrogens is 402 g/mol. The molecule has 0 fully saturated rings. The van der Waals surface area contributed by atoms with Crippen molar-refractivity contribution in [1.82, 2.24) is 10.2 Å². The molecule has 0 aliphatic heterocycles. The molecule has 0 saturated carbocycles. The van der Waals surface area contributed by atoms with Crippen molar-refractivity contribution < 1.29 is 14.3 Å². The van der Waals surface area contributed by atoms with Crippen molar-refractivity contribution in [2.24, 2.45) is 0 Å². The maximum atomic E-state index is 13.4. The maximum Gasteiger partial charge on any atom is 0.407 e. The van der Waals surface area contributed by atoms with E-state index in [1.165, 1.54) is 0 Å². The summed E-state index contributed by atoms with van der Waals surface area (Å²) in [5.74, 6) is -0.0416. The number of para-hydroxylation sites is 1. The Morgan fingerprint density at radius 1 is 0.906 bits per heavy atom. The van der Waals surface area contributed by atoms with Crippen molar-refractivity contribution in [3.8, 4) is 0 Å². The van der Waals surface area contributed by atoms with E-state index in [0.717, 1.165) is 37.2 Å². The molecule has 0 heterocycles. The zero-order valence-corrected chi connectivity index (χ0v) is 20.1. The predicted molar refractivity (Wildman–Crippen MR) is 130 cm³/mol. The van der Waals surface area contributed by atoms with Crippen LogP contribution in [-0.2, 0) is 11.3 Å². The van der Waals surface area contributed by atoms with Crippen LogP contribution in [0.5, 0.6) is 0 Å². The number of amides is 2. The van der Waals surface area contributed by atoms with E-state index in [4.69, 9.17) is 4.74 Å². The highest BCUT2D eigenvalue weighted by atomic mass is 16.6. The average Bonchev–Trinajstić information content (AvgIpc) is 2.75. The summed E-state index contributed by atoms with van der Waals surface area (Å²) >= 11 is 0. The van der Waals surface area contributed by atoms with Crippen LogP contribution in [0.4, 0.5) is 10.5 Å². The van der Waals surface area contributed by atoms with Gasteiger partial charge >= 0.3 is 6.09 Å². The highest BCUT2D eigenvalue weighted by molar-refractivity contribution is 6.06. The maximum absolute atomic E-state index is 13.4. The first-order chi connectivity index (χ1) is 15.2. The Kier molecular flexibility index (Phi) is 9.72. The van der Waals surface area contributed by atoms with Crippen molar-refractivity contribution in [3.05, 3.63) is 65.7 Å². The summed E-state index contributed by atoms with van der Waals surface area (Å²) in [4.78, 5) is 29.4. The van der Waals surface area contributed by atoms with E-state index in [1.54, 1.807) is 0 Å². The molecule has 0 saturated heterocycles. The van der Waals surface area contributed by atoms with Crippen molar-refractivity contribution in [1.29, 1.82) is 0 Å². The molecule has 0 atom stereocenters. The summed E-state index contributed by atoms with van der Waals surface area (Å²) in [6.07, 6.45) is 1.62. The Hall–Kier alpha value is -2.86. The van der Waals surface area contributed by atoms with Crippen LogP contribution < -0.4 is 10.2 Å². The largest absolute Gasteiger partial charge is 0.444 e. The van der Waals surface area contributed by atoms with E-state index in [-0.39, 0.29) is 5.91 Å². The molecule has 1 N–H and O–H groups in total. The summed E-state index contributed by atoms with van der Waals surface area (Å²) in [5, 5.41) is 2.74. The molecule has 32 heavy (non-hydrogen) atoms. The summed E-state index contributed by atoms with van der Waals surface area (Å²) in [6, 6.07) is 17.1. The van der Waals surface area contributed by atoms with Crippen LogP contribution in [-0.4, -0.2) is 42.3 Å². The van der Waals surface area contributed by atoms with Gasteiger partial charge in [0, 0.05) is 17.8 Å². The van der Waals surface area contributed by atoms with Crippen LogP contribution in [0, 0.1) is 0 Å². The first-order valence-electron chi connectivity index (χ1n) is 11.4. The van der Waals surface area contributed by atoms with Gasteiger partial charge in [-0.25, -0.2) is 4.79 Å². The molecule has 0 aliphatic rings. The molecule has 2 amide bonds. The molecule has 6 heteroatoms. The zero-order valence-electron chi connectivity index (χ0n) is 20.1. The monoisotopic (exact) mass is 439 g/mol. The second-order valence-electron chi connectivity index (χ2n) is 8.88. The molecule has 2 rings (SSSR count). The second-order valence-corrected chi connectivity index (χ2v) is 8.88. The fourth-order valence-electron chi connectivity index (χ4n) is 3.37. The van der Waals surface area contributed by atoms with Gasteiger partial charge in [0.1, 0.15) is 5.60 Å². The van der Waals surface area contributed by atoms with Crippen molar-refractivity contribution >= 4 is 17.7 Å². The lowest BCUT2D eigenvalue weighted by Crippen LogP contribution is -2.42. The number of ether oxygens (including phenoxy) is 1. The third-order valence-corrected chi connectivity index (χ3v) is 4.77. The van der Waals surface area contributed by atoms with E-state index in [9.17, 15) is 9.59 Å². The van der Waals surface area contributed by atoms with Gasteiger partial charge in [0.15, 0.2) is 0 Å². The molecule has 0 aliphatic carbocycles. The van der Waals surface area contributed by atoms with Gasteiger partial charge < -0.3 is 10.1 Å². The minimum atomic E-state index is -0.537. The third-order valence-electron chi connectivity index (χ3n) is 4.77. The molecule has 2 aromatic rings. The fraction of sp³-hybridized carbons (Fsp3) is 0.462. The summed E-state index contributed by atoms with van der Waals surface area (Å²) in [6.45, 7) is 12.6. The van der Waals surface area contributed by atoms with Gasteiger partial charge in [-0.1, -0.05) is 44.2 Å². The number of carbonyl (C=O) groups is 2. The van der Waals surface area contributed by atoms with E-state index < -0.39 is 11.7 Å².